The molecule has 0 saturated carbocycles. The van der Waals surface area contributed by atoms with E-state index in [-0.39, 0.29) is 35.5 Å². The van der Waals surface area contributed by atoms with Gasteiger partial charge in [-0.2, -0.15) is 0 Å². The van der Waals surface area contributed by atoms with Crippen LogP contribution >= 0.6 is 11.8 Å². The number of fused-ring (bicyclic) bond motifs is 1. The minimum Gasteiger partial charge on any atom is -0.461 e. The fraction of sp³-hybridized carbons (Fsp3) is 0.393. The number of benzene rings is 2. The summed E-state index contributed by atoms with van der Waals surface area (Å²) >= 11 is 1.42. The molecule has 3 atom stereocenters. The number of carbonyl (C=O) groups excluding carboxylic acids is 3. The van der Waals surface area contributed by atoms with Crippen LogP contribution in [0.3, 0.4) is 0 Å². The molecule has 1 amide bonds. The number of para-hydroxylation sites is 1. The Balaban J connectivity index is 1.42. The van der Waals surface area contributed by atoms with Crippen molar-refractivity contribution < 1.29 is 33.5 Å². The molecular weight excluding hydrogens is 552 g/mol. The van der Waals surface area contributed by atoms with Crippen molar-refractivity contribution in [2.75, 3.05) is 6.61 Å². The number of hydrogen-bond acceptors (Lipinski definition) is 9. The lowest BCUT2D eigenvalue weighted by Gasteiger charge is -2.45. The van der Waals surface area contributed by atoms with E-state index in [1.807, 2.05) is 30.3 Å². The number of rotatable bonds is 11. The van der Waals surface area contributed by atoms with Gasteiger partial charge < -0.3 is 19.1 Å². The Bertz CT molecular complexity index is 1330. The van der Waals surface area contributed by atoms with Crippen LogP contribution in [0.1, 0.15) is 18.9 Å². The van der Waals surface area contributed by atoms with Crippen molar-refractivity contribution in [2.45, 2.75) is 62.7 Å². The summed E-state index contributed by atoms with van der Waals surface area (Å²) in [5, 5.41) is 11.2. The Kier molecular flexibility index (Phi) is 8.99. The summed E-state index contributed by atoms with van der Waals surface area (Å²) in [5.41, 5.74) is 0.308. The summed E-state index contributed by atoms with van der Waals surface area (Å²) in [5.74, 6) is -1.52. The molecule has 0 bridgehead atoms. The van der Waals surface area contributed by atoms with Crippen LogP contribution in [0.25, 0.3) is 0 Å². The highest BCUT2D eigenvalue weighted by Crippen LogP contribution is 2.49. The second-order valence-electron chi connectivity index (χ2n) is 10.9. The molecule has 2 aliphatic heterocycles. The van der Waals surface area contributed by atoms with Gasteiger partial charge >= 0.3 is 12.1 Å². The Hall–Kier alpha value is -3.64. The van der Waals surface area contributed by atoms with E-state index >= 15 is 0 Å². The first kappa shape index (κ1) is 29.3. The van der Waals surface area contributed by atoms with Gasteiger partial charge in [-0.3, -0.25) is 14.9 Å². The lowest BCUT2D eigenvalue weighted by molar-refractivity contribution is -0.385. The number of nitro groups is 1. The molecular formula is C28H32N2O8SSi. The van der Waals surface area contributed by atoms with Crippen LogP contribution in [0.2, 0.25) is 25.7 Å². The van der Waals surface area contributed by atoms with Gasteiger partial charge in [0, 0.05) is 30.4 Å². The molecule has 40 heavy (non-hydrogen) atoms. The third-order valence-corrected chi connectivity index (χ3v) is 9.57. The van der Waals surface area contributed by atoms with E-state index in [2.05, 4.69) is 19.6 Å². The van der Waals surface area contributed by atoms with E-state index in [0.717, 1.165) is 15.8 Å². The Morgan fingerprint density at radius 3 is 2.45 bits per heavy atom. The summed E-state index contributed by atoms with van der Waals surface area (Å²) in [6.07, 6.45) is -1.45. The van der Waals surface area contributed by atoms with Gasteiger partial charge in [-0.05, 0) is 31.2 Å². The summed E-state index contributed by atoms with van der Waals surface area (Å²) in [6.45, 7) is 8.13. The Morgan fingerprint density at radius 2 is 1.77 bits per heavy atom. The van der Waals surface area contributed by atoms with Crippen LogP contribution in [-0.4, -0.2) is 54.7 Å². The molecule has 12 heteroatoms. The average Bonchev–Trinajstić information content (AvgIpc) is 3.21. The molecule has 2 aromatic carbocycles. The van der Waals surface area contributed by atoms with Crippen LogP contribution < -0.4 is 0 Å². The largest absolute Gasteiger partial charge is 0.508 e. The molecule has 0 radical (unpaired) electrons. The number of esters is 1. The number of nitro benzene ring substituents is 1. The molecule has 0 N–H and O–H groups in total. The highest BCUT2D eigenvalue weighted by molar-refractivity contribution is 8.03. The summed E-state index contributed by atoms with van der Waals surface area (Å²) in [4.78, 5) is 52.6. The molecule has 2 unspecified atom stereocenters. The van der Waals surface area contributed by atoms with Gasteiger partial charge in [0.25, 0.3) is 5.69 Å². The molecule has 0 spiro atoms. The van der Waals surface area contributed by atoms with Crippen LogP contribution in [0.4, 0.5) is 10.5 Å². The standard InChI is InChI=1S/C28H32N2O8SSi/c1-18(38-28(33)37-17-19-10-8-9-13-21(19)30(34)35)24-22-16-23(39-20-11-6-5-7-12-20)25(29(22)26(24)31)27(32)36-14-15-40(2,3)4/h5-13,18,22,24H,14-17H2,1-4H3/t18?,22-,24?/m1/s1. The molecule has 2 aliphatic rings. The van der Waals surface area contributed by atoms with Gasteiger partial charge in [0.1, 0.15) is 18.4 Å². The molecule has 0 aromatic heterocycles. The van der Waals surface area contributed by atoms with Gasteiger partial charge in [-0.15, -0.1) is 0 Å². The molecule has 4 rings (SSSR count). The van der Waals surface area contributed by atoms with Crippen molar-refractivity contribution in [2.24, 2.45) is 5.92 Å². The SMILES string of the molecule is CC(OC(=O)OCc1ccccc1[N+](=O)[O-])C1C(=O)N2C(C(=O)OCC[Si](C)(C)C)=C(Sc3ccccc3)C[C@H]12. The second-order valence-corrected chi connectivity index (χ2v) is 17.7. The zero-order valence-electron chi connectivity index (χ0n) is 22.8. The van der Waals surface area contributed by atoms with Crippen LogP contribution in [-0.2, 0) is 30.4 Å². The lowest BCUT2D eigenvalue weighted by atomic mass is 9.83. The Labute approximate surface area is 237 Å². The normalized spacial score (nSPS) is 19.0. The number of amides is 1. The first-order valence-corrected chi connectivity index (χ1v) is 17.5. The zero-order valence-corrected chi connectivity index (χ0v) is 24.6. The minimum atomic E-state index is -1.42. The number of nitrogens with zero attached hydrogens (tertiary/aromatic N) is 2. The number of hydrogen-bond donors (Lipinski definition) is 0. The number of β-lactam (4-membered cyclic amide) rings is 1. The molecule has 0 aliphatic carbocycles. The van der Waals surface area contributed by atoms with E-state index in [1.165, 1.54) is 34.9 Å². The summed E-state index contributed by atoms with van der Waals surface area (Å²) < 4.78 is 16.1. The van der Waals surface area contributed by atoms with Gasteiger partial charge in [0.15, 0.2) is 0 Å². The van der Waals surface area contributed by atoms with Crippen molar-refractivity contribution in [3.8, 4) is 0 Å². The number of carbonyl (C=O) groups is 3. The topological polar surface area (TPSA) is 125 Å². The zero-order chi connectivity index (χ0) is 29.0. The first-order valence-electron chi connectivity index (χ1n) is 13.0. The van der Waals surface area contributed by atoms with E-state index in [9.17, 15) is 24.5 Å². The fourth-order valence-corrected chi connectivity index (χ4v) is 6.48. The third kappa shape index (κ3) is 6.73. The predicted octanol–water partition coefficient (Wildman–Crippen LogP) is 5.75. The maximum absolute atomic E-state index is 13.3. The lowest BCUT2D eigenvalue weighted by Crippen LogP contribution is -2.62. The van der Waals surface area contributed by atoms with Crippen molar-refractivity contribution in [3.05, 3.63) is 80.9 Å². The van der Waals surface area contributed by atoms with Crippen molar-refractivity contribution in [1.29, 1.82) is 0 Å². The van der Waals surface area contributed by atoms with E-state index in [0.29, 0.717) is 13.0 Å². The highest BCUT2D eigenvalue weighted by Gasteiger charge is 2.58. The Morgan fingerprint density at radius 1 is 1.10 bits per heavy atom. The predicted molar refractivity (Wildman–Crippen MR) is 151 cm³/mol. The minimum absolute atomic E-state index is 0.169. The van der Waals surface area contributed by atoms with Crippen LogP contribution in [0.15, 0.2) is 70.1 Å². The quantitative estimate of drug-likeness (QED) is 0.107. The molecule has 10 nitrogen and oxygen atoms in total. The first-order chi connectivity index (χ1) is 19.0. The smallest absolute Gasteiger partial charge is 0.461 e. The van der Waals surface area contributed by atoms with Gasteiger partial charge in [-0.25, -0.2) is 9.59 Å². The second kappa shape index (κ2) is 12.3. The van der Waals surface area contributed by atoms with Crippen molar-refractivity contribution in [1.82, 2.24) is 4.90 Å². The summed E-state index contributed by atoms with van der Waals surface area (Å²) in [7, 11) is -1.42. The molecule has 1 saturated heterocycles. The van der Waals surface area contributed by atoms with Crippen LogP contribution in [0, 0.1) is 16.0 Å². The summed E-state index contributed by atoms with van der Waals surface area (Å²) in [6, 6.07) is 15.9. The molecule has 2 heterocycles. The van der Waals surface area contributed by atoms with Crippen molar-refractivity contribution >= 4 is 43.6 Å². The third-order valence-electron chi connectivity index (χ3n) is 6.75. The van der Waals surface area contributed by atoms with Crippen molar-refractivity contribution in [3.63, 3.8) is 0 Å². The molecule has 212 valence electrons. The van der Waals surface area contributed by atoms with Gasteiger partial charge in [-0.1, -0.05) is 61.7 Å². The van der Waals surface area contributed by atoms with Crippen LogP contribution in [0.5, 0.6) is 0 Å². The average molecular weight is 585 g/mol. The maximum Gasteiger partial charge on any atom is 0.508 e. The van der Waals surface area contributed by atoms with E-state index in [1.54, 1.807) is 13.0 Å². The fourth-order valence-electron chi connectivity index (χ4n) is 4.65. The number of ether oxygens (including phenoxy) is 3. The molecule has 2 aromatic rings. The van der Waals surface area contributed by atoms with Gasteiger partial charge in [0.2, 0.25) is 5.91 Å². The molecule has 1 fully saturated rings. The van der Waals surface area contributed by atoms with E-state index in [4.69, 9.17) is 14.2 Å². The van der Waals surface area contributed by atoms with Gasteiger partial charge in [0.05, 0.1) is 29.1 Å². The maximum atomic E-state index is 13.3. The number of thioether (sulfide) groups is 1. The monoisotopic (exact) mass is 584 g/mol. The highest BCUT2D eigenvalue weighted by atomic mass is 32.2. The van der Waals surface area contributed by atoms with E-state index < -0.39 is 37.1 Å².